The molecule has 0 bridgehead atoms. The van der Waals surface area contributed by atoms with Gasteiger partial charge >= 0.3 is 0 Å². The van der Waals surface area contributed by atoms with E-state index in [9.17, 15) is 0 Å². The van der Waals surface area contributed by atoms with Gasteiger partial charge in [-0.15, -0.1) is 0 Å². The minimum absolute atomic E-state index is 0.485. The van der Waals surface area contributed by atoms with E-state index in [-0.39, 0.29) is 0 Å². The summed E-state index contributed by atoms with van der Waals surface area (Å²) in [7, 11) is 0. The molecule has 1 atom stereocenters. The van der Waals surface area contributed by atoms with E-state index in [4.69, 9.17) is 5.73 Å². The number of nitrogens with zero attached hydrogens (tertiary/aromatic N) is 4. The van der Waals surface area contributed by atoms with Gasteiger partial charge in [0.2, 0.25) is 5.95 Å². The SMILES string of the molecule is NCc1ccnc(N2CCC(N3CCCC3)C2)n1. The van der Waals surface area contributed by atoms with Gasteiger partial charge in [-0.25, -0.2) is 9.97 Å². The van der Waals surface area contributed by atoms with E-state index in [1.807, 2.05) is 12.3 Å². The maximum Gasteiger partial charge on any atom is 0.225 e. The Labute approximate surface area is 108 Å². The quantitative estimate of drug-likeness (QED) is 0.848. The summed E-state index contributed by atoms with van der Waals surface area (Å²) in [5, 5.41) is 0. The van der Waals surface area contributed by atoms with E-state index >= 15 is 0 Å². The first-order valence-electron chi connectivity index (χ1n) is 6.88. The molecule has 2 fully saturated rings. The molecule has 0 aromatic carbocycles. The molecule has 0 aliphatic carbocycles. The van der Waals surface area contributed by atoms with Crippen LogP contribution in [-0.4, -0.2) is 47.1 Å². The van der Waals surface area contributed by atoms with E-state index in [1.54, 1.807) is 0 Å². The Morgan fingerprint density at radius 3 is 2.89 bits per heavy atom. The summed E-state index contributed by atoms with van der Waals surface area (Å²) in [6.45, 7) is 5.15. The van der Waals surface area contributed by atoms with Gasteiger partial charge in [-0.3, -0.25) is 4.90 Å². The predicted molar refractivity (Wildman–Crippen MR) is 71.3 cm³/mol. The largest absolute Gasteiger partial charge is 0.339 e. The Kier molecular flexibility index (Phi) is 3.43. The summed E-state index contributed by atoms with van der Waals surface area (Å²) in [6.07, 6.45) is 5.76. The first kappa shape index (κ1) is 11.9. The van der Waals surface area contributed by atoms with Crippen molar-refractivity contribution in [3.8, 4) is 0 Å². The van der Waals surface area contributed by atoms with Crippen molar-refractivity contribution in [3.63, 3.8) is 0 Å². The highest BCUT2D eigenvalue weighted by Gasteiger charge is 2.30. The summed E-state index contributed by atoms with van der Waals surface area (Å²) < 4.78 is 0. The Balaban J connectivity index is 1.67. The molecule has 3 heterocycles. The van der Waals surface area contributed by atoms with Gasteiger partial charge in [0.05, 0.1) is 5.69 Å². The molecule has 0 amide bonds. The molecule has 1 aromatic rings. The topological polar surface area (TPSA) is 58.3 Å². The zero-order valence-corrected chi connectivity index (χ0v) is 10.8. The zero-order valence-electron chi connectivity index (χ0n) is 10.8. The first-order valence-corrected chi connectivity index (χ1v) is 6.88. The van der Waals surface area contributed by atoms with Crippen molar-refractivity contribution in [2.75, 3.05) is 31.1 Å². The highest BCUT2D eigenvalue weighted by molar-refractivity contribution is 5.32. The van der Waals surface area contributed by atoms with Crippen molar-refractivity contribution in [3.05, 3.63) is 18.0 Å². The molecule has 2 saturated heterocycles. The second-order valence-electron chi connectivity index (χ2n) is 5.18. The average molecular weight is 247 g/mol. The molecular formula is C13H21N5. The highest BCUT2D eigenvalue weighted by atomic mass is 15.3. The highest BCUT2D eigenvalue weighted by Crippen LogP contribution is 2.22. The minimum Gasteiger partial charge on any atom is -0.339 e. The second kappa shape index (κ2) is 5.20. The number of nitrogens with two attached hydrogens (primary N) is 1. The van der Waals surface area contributed by atoms with Crippen LogP contribution in [0.3, 0.4) is 0 Å². The standard InChI is InChI=1S/C13H21N5/c14-9-11-3-5-15-13(16-11)18-8-4-12(10-18)17-6-1-2-7-17/h3,5,12H,1-2,4,6-10,14H2. The Morgan fingerprint density at radius 1 is 1.28 bits per heavy atom. The third-order valence-corrected chi connectivity index (χ3v) is 4.01. The number of anilines is 1. The van der Waals surface area contributed by atoms with Gasteiger partial charge in [0.25, 0.3) is 0 Å². The number of hydrogen-bond donors (Lipinski definition) is 1. The van der Waals surface area contributed by atoms with Crippen LogP contribution in [0.5, 0.6) is 0 Å². The maximum atomic E-state index is 5.63. The van der Waals surface area contributed by atoms with Crippen molar-refractivity contribution in [2.45, 2.75) is 31.8 Å². The lowest BCUT2D eigenvalue weighted by molar-refractivity contribution is 0.260. The molecule has 1 aromatic heterocycles. The molecule has 1 unspecified atom stereocenters. The van der Waals surface area contributed by atoms with Crippen LogP contribution >= 0.6 is 0 Å². The van der Waals surface area contributed by atoms with Crippen molar-refractivity contribution in [2.24, 2.45) is 5.73 Å². The number of likely N-dealkylation sites (tertiary alicyclic amines) is 1. The van der Waals surface area contributed by atoms with Gasteiger partial charge in [0.15, 0.2) is 0 Å². The van der Waals surface area contributed by atoms with Gasteiger partial charge in [0.1, 0.15) is 0 Å². The van der Waals surface area contributed by atoms with E-state index < -0.39 is 0 Å². The second-order valence-corrected chi connectivity index (χ2v) is 5.18. The van der Waals surface area contributed by atoms with Crippen molar-refractivity contribution in [1.29, 1.82) is 0 Å². The van der Waals surface area contributed by atoms with Gasteiger partial charge in [-0.2, -0.15) is 0 Å². The number of rotatable bonds is 3. The molecule has 2 aliphatic rings. The smallest absolute Gasteiger partial charge is 0.225 e. The van der Waals surface area contributed by atoms with Crippen LogP contribution in [0.4, 0.5) is 5.95 Å². The molecule has 0 saturated carbocycles. The Bertz CT molecular complexity index is 402. The molecule has 2 N–H and O–H groups in total. The van der Waals surface area contributed by atoms with Gasteiger partial charge in [-0.1, -0.05) is 0 Å². The van der Waals surface area contributed by atoms with Gasteiger partial charge in [0, 0.05) is 31.9 Å². The predicted octanol–water partition coefficient (Wildman–Crippen LogP) is 0.610. The summed E-state index contributed by atoms with van der Waals surface area (Å²) in [5.41, 5.74) is 6.55. The van der Waals surface area contributed by atoms with Crippen molar-refractivity contribution < 1.29 is 0 Å². The number of aromatic nitrogens is 2. The molecule has 2 aliphatic heterocycles. The first-order chi connectivity index (χ1) is 8.86. The molecule has 0 spiro atoms. The Hall–Kier alpha value is -1.20. The summed E-state index contributed by atoms with van der Waals surface area (Å²) in [4.78, 5) is 13.8. The summed E-state index contributed by atoms with van der Waals surface area (Å²) in [5.74, 6) is 0.847. The van der Waals surface area contributed by atoms with E-state index in [2.05, 4.69) is 19.8 Å². The summed E-state index contributed by atoms with van der Waals surface area (Å²) >= 11 is 0. The van der Waals surface area contributed by atoms with E-state index in [1.165, 1.54) is 32.4 Å². The van der Waals surface area contributed by atoms with Crippen LogP contribution < -0.4 is 10.6 Å². The van der Waals surface area contributed by atoms with Crippen molar-refractivity contribution >= 4 is 5.95 Å². The third-order valence-electron chi connectivity index (χ3n) is 4.01. The van der Waals surface area contributed by atoms with Gasteiger partial charge in [-0.05, 0) is 38.4 Å². The lowest BCUT2D eigenvalue weighted by atomic mass is 10.2. The molecule has 5 heteroatoms. The summed E-state index contributed by atoms with van der Waals surface area (Å²) in [6, 6.07) is 2.58. The third kappa shape index (κ3) is 2.33. The van der Waals surface area contributed by atoms with Crippen LogP contribution in [0.1, 0.15) is 25.0 Å². The fourth-order valence-corrected chi connectivity index (χ4v) is 2.98. The zero-order chi connectivity index (χ0) is 12.4. The van der Waals surface area contributed by atoms with Crippen LogP contribution in [0.2, 0.25) is 0 Å². The fourth-order valence-electron chi connectivity index (χ4n) is 2.98. The van der Waals surface area contributed by atoms with Crippen molar-refractivity contribution in [1.82, 2.24) is 14.9 Å². The molecule has 98 valence electrons. The van der Waals surface area contributed by atoms with Crippen LogP contribution in [0.25, 0.3) is 0 Å². The number of hydrogen-bond acceptors (Lipinski definition) is 5. The van der Waals surface area contributed by atoms with E-state index in [0.717, 1.165) is 24.7 Å². The molecule has 18 heavy (non-hydrogen) atoms. The monoisotopic (exact) mass is 247 g/mol. The average Bonchev–Trinajstić information content (AvgIpc) is 3.09. The normalized spacial score (nSPS) is 24.9. The minimum atomic E-state index is 0.485. The fraction of sp³-hybridized carbons (Fsp3) is 0.692. The molecule has 3 rings (SSSR count). The lowest BCUT2D eigenvalue weighted by Gasteiger charge is -2.23. The molecule has 5 nitrogen and oxygen atoms in total. The van der Waals surface area contributed by atoms with Crippen LogP contribution in [0.15, 0.2) is 12.3 Å². The maximum absolute atomic E-state index is 5.63. The van der Waals surface area contributed by atoms with E-state index in [0.29, 0.717) is 12.6 Å². The van der Waals surface area contributed by atoms with Gasteiger partial charge < -0.3 is 10.6 Å². The lowest BCUT2D eigenvalue weighted by Crippen LogP contribution is -2.35. The van der Waals surface area contributed by atoms with Crippen LogP contribution in [-0.2, 0) is 6.54 Å². The Morgan fingerprint density at radius 2 is 2.11 bits per heavy atom. The van der Waals surface area contributed by atoms with Crippen LogP contribution in [0, 0.1) is 0 Å². The molecule has 0 radical (unpaired) electrons. The molecular weight excluding hydrogens is 226 g/mol.